The number of rotatable bonds is 8. The first-order valence-corrected chi connectivity index (χ1v) is 9.44. The van der Waals surface area contributed by atoms with Crippen molar-refractivity contribution < 1.29 is 9.82 Å². The van der Waals surface area contributed by atoms with E-state index in [1.807, 2.05) is 65.7 Å². The Morgan fingerprint density at radius 1 is 1.20 bits per heavy atom. The van der Waals surface area contributed by atoms with Crippen LogP contribution in [-0.2, 0) is 5.41 Å². The zero-order valence-corrected chi connectivity index (χ0v) is 16.6. The van der Waals surface area contributed by atoms with E-state index in [9.17, 15) is 5.26 Å². The molecule has 30 heavy (non-hydrogen) atoms. The second-order valence-electron chi connectivity index (χ2n) is 6.59. The van der Waals surface area contributed by atoms with Crippen LogP contribution in [0.1, 0.15) is 31.7 Å². The molecule has 0 amide bonds. The van der Waals surface area contributed by atoms with Crippen LogP contribution in [-0.4, -0.2) is 22.9 Å². The molecule has 3 rings (SSSR count). The topological polar surface area (TPSA) is 115 Å². The molecule has 0 saturated heterocycles. The highest BCUT2D eigenvalue weighted by Gasteiger charge is 2.38. The smallest absolute Gasteiger partial charge is 0.255 e. The van der Waals surface area contributed by atoms with Crippen LogP contribution in [0, 0.1) is 26.7 Å². The van der Waals surface area contributed by atoms with Gasteiger partial charge in [0.05, 0.1) is 17.7 Å². The quantitative estimate of drug-likeness (QED) is 0.350. The number of nitriles is 1. The van der Waals surface area contributed by atoms with E-state index in [0.29, 0.717) is 6.54 Å². The molecule has 0 bridgehead atoms. The van der Waals surface area contributed by atoms with Crippen LogP contribution in [0.3, 0.4) is 0 Å². The lowest BCUT2D eigenvalue weighted by Gasteiger charge is -2.29. The Balaban J connectivity index is 0.000000735. The third-order valence-corrected chi connectivity index (χ3v) is 4.49. The molecule has 8 nitrogen and oxygen atoms in total. The minimum atomic E-state index is -1.75. The van der Waals surface area contributed by atoms with E-state index in [0.717, 1.165) is 36.3 Å². The van der Waals surface area contributed by atoms with Crippen molar-refractivity contribution in [2.75, 3.05) is 6.54 Å². The minimum Gasteiger partial charge on any atom is -0.457 e. The second-order valence-corrected chi connectivity index (χ2v) is 6.59. The zero-order valence-electron chi connectivity index (χ0n) is 16.6. The summed E-state index contributed by atoms with van der Waals surface area (Å²) in [7, 11) is 0. The van der Waals surface area contributed by atoms with E-state index < -0.39 is 10.5 Å². The highest BCUT2D eigenvalue weighted by molar-refractivity contribution is 5.61. The summed E-state index contributed by atoms with van der Waals surface area (Å²) in [6, 6.07) is 20.1. The Morgan fingerprint density at radius 3 is 2.47 bits per heavy atom. The van der Waals surface area contributed by atoms with Crippen molar-refractivity contribution >= 4 is 6.34 Å². The summed E-state index contributed by atoms with van der Waals surface area (Å²) >= 11 is 0. The van der Waals surface area contributed by atoms with Gasteiger partial charge in [0.15, 0.2) is 6.20 Å². The van der Waals surface area contributed by atoms with Crippen LogP contribution < -0.4 is 4.74 Å². The fraction of sp³-hybridized carbons (Fsp3) is 0.273. The van der Waals surface area contributed by atoms with Crippen molar-refractivity contribution in [3.8, 4) is 17.6 Å². The van der Waals surface area contributed by atoms with E-state index in [-0.39, 0.29) is 0 Å². The third kappa shape index (κ3) is 6.30. The number of nitrogens with zero attached hydrogens (tertiary/aromatic N) is 4. The van der Waals surface area contributed by atoms with Crippen molar-refractivity contribution in [1.82, 2.24) is 4.90 Å². The molecule has 2 aromatic rings. The molecule has 2 aromatic carbocycles. The second kappa shape index (κ2) is 11.1. The third-order valence-electron chi connectivity index (χ3n) is 4.49. The lowest BCUT2D eigenvalue weighted by Crippen LogP contribution is -2.37. The Kier molecular flexibility index (Phi) is 8.30. The van der Waals surface area contributed by atoms with Crippen LogP contribution in [0.15, 0.2) is 72.0 Å². The minimum absolute atomic E-state index is 0.499. The summed E-state index contributed by atoms with van der Waals surface area (Å²) in [4.78, 5) is 14.1. The fourth-order valence-electron chi connectivity index (χ4n) is 3.13. The molecule has 0 saturated carbocycles. The summed E-state index contributed by atoms with van der Waals surface area (Å²) in [6.45, 7) is 2.64. The monoisotopic (exact) mass is 406 g/mol. The van der Waals surface area contributed by atoms with Crippen LogP contribution in [0.25, 0.3) is 0 Å². The SMILES string of the molecule is CCCCC(C#N)(CN1[C+]=NC=C1)c1ccccc1Oc1ccccc1.O=[N+]([O-])[O-]. The van der Waals surface area contributed by atoms with Gasteiger partial charge in [-0.2, -0.15) is 10.2 Å². The van der Waals surface area contributed by atoms with Crippen LogP contribution in [0.5, 0.6) is 11.5 Å². The molecule has 1 unspecified atom stereocenters. The van der Waals surface area contributed by atoms with Gasteiger partial charge in [-0.05, 0) is 29.6 Å². The molecule has 1 aliphatic rings. The molecule has 1 atom stereocenters. The van der Waals surface area contributed by atoms with Crippen LogP contribution >= 0.6 is 0 Å². The van der Waals surface area contributed by atoms with E-state index in [2.05, 4.69) is 24.3 Å². The number of hydrogen-bond acceptors (Lipinski definition) is 7. The predicted molar refractivity (Wildman–Crippen MR) is 113 cm³/mol. The van der Waals surface area contributed by atoms with Gasteiger partial charge in [0, 0.05) is 5.56 Å². The highest BCUT2D eigenvalue weighted by Crippen LogP contribution is 2.38. The van der Waals surface area contributed by atoms with Crippen molar-refractivity contribution in [2.24, 2.45) is 4.99 Å². The fourth-order valence-corrected chi connectivity index (χ4v) is 3.13. The molecule has 0 fully saturated rings. The Morgan fingerprint density at radius 2 is 1.87 bits per heavy atom. The zero-order chi connectivity index (χ0) is 21.8. The number of benzene rings is 2. The summed E-state index contributed by atoms with van der Waals surface area (Å²) < 4.78 is 6.13. The first-order valence-electron chi connectivity index (χ1n) is 9.44. The average Bonchev–Trinajstić information content (AvgIpc) is 3.25. The Bertz CT molecular complexity index is 908. The van der Waals surface area contributed by atoms with Gasteiger partial charge >= 0.3 is 0 Å². The molecule has 8 heteroatoms. The van der Waals surface area contributed by atoms with Gasteiger partial charge in [-0.1, -0.05) is 56.2 Å². The molecule has 0 aromatic heterocycles. The molecular formula is C22H22N4O4. The van der Waals surface area contributed by atoms with Gasteiger partial charge in [0.2, 0.25) is 6.20 Å². The van der Waals surface area contributed by atoms with E-state index in [4.69, 9.17) is 20.1 Å². The van der Waals surface area contributed by atoms with Crippen LogP contribution in [0.4, 0.5) is 0 Å². The van der Waals surface area contributed by atoms with Gasteiger partial charge in [0.1, 0.15) is 16.9 Å². The summed E-state index contributed by atoms with van der Waals surface area (Å²) in [5.41, 5.74) is 0.209. The van der Waals surface area contributed by atoms with E-state index in [1.54, 1.807) is 6.20 Å². The van der Waals surface area contributed by atoms with Gasteiger partial charge in [-0.15, -0.1) is 0 Å². The number of hydrogen-bond donors (Lipinski definition) is 0. The van der Waals surface area contributed by atoms with Gasteiger partial charge in [0.25, 0.3) is 6.34 Å². The molecule has 1 heterocycles. The Hall–Kier alpha value is -3.95. The molecule has 0 N–H and O–H groups in total. The van der Waals surface area contributed by atoms with Crippen LogP contribution in [0.2, 0.25) is 0 Å². The normalized spacial score (nSPS) is 13.4. The van der Waals surface area contributed by atoms with Gasteiger partial charge in [-0.3, -0.25) is 0 Å². The molecule has 0 aliphatic carbocycles. The van der Waals surface area contributed by atoms with Gasteiger partial charge in [-0.25, -0.2) is 0 Å². The average molecular weight is 406 g/mol. The highest BCUT2D eigenvalue weighted by atomic mass is 16.9. The largest absolute Gasteiger partial charge is 0.457 e. The molecule has 0 radical (unpaired) electrons. The summed E-state index contributed by atoms with van der Waals surface area (Å²) in [6.07, 6.45) is 9.19. The lowest BCUT2D eigenvalue weighted by atomic mass is 9.76. The van der Waals surface area contributed by atoms with Crippen molar-refractivity contribution in [3.05, 3.63) is 87.9 Å². The lowest BCUT2D eigenvalue weighted by molar-refractivity contribution is -0.402. The number of ether oxygens (including phenoxy) is 1. The predicted octanol–water partition coefficient (Wildman–Crippen LogP) is 4.88. The number of para-hydroxylation sites is 2. The molecular weight excluding hydrogens is 384 g/mol. The first-order chi connectivity index (χ1) is 14.5. The first kappa shape index (κ1) is 22.3. The number of aliphatic imine (C=N–C) groups is 1. The van der Waals surface area contributed by atoms with Crippen molar-refractivity contribution in [3.63, 3.8) is 0 Å². The van der Waals surface area contributed by atoms with E-state index >= 15 is 0 Å². The molecule has 0 spiro atoms. The Labute approximate surface area is 175 Å². The maximum absolute atomic E-state index is 10.2. The van der Waals surface area contributed by atoms with Gasteiger partial charge < -0.3 is 20.1 Å². The number of unbranched alkanes of at least 4 members (excludes halogenated alkanes) is 1. The summed E-state index contributed by atoms with van der Waals surface area (Å²) in [5.74, 6) is 1.48. The molecule has 154 valence electrons. The van der Waals surface area contributed by atoms with Crippen molar-refractivity contribution in [2.45, 2.75) is 31.6 Å². The maximum Gasteiger partial charge on any atom is 0.255 e. The molecule has 1 aliphatic heterocycles. The summed E-state index contributed by atoms with van der Waals surface area (Å²) in [5, 5.41) is 24.9. The van der Waals surface area contributed by atoms with Crippen molar-refractivity contribution in [1.29, 1.82) is 5.26 Å². The maximum atomic E-state index is 10.2. The van der Waals surface area contributed by atoms with E-state index in [1.165, 1.54) is 0 Å². The standard InChI is InChI=1S/C22H22N3O.NO3/c1-2-3-13-22(16-23,17-25-15-14-24-18-25)20-11-7-8-12-21(20)26-19-9-5-4-6-10-19;2-1(3)4/h4-12,14-15H,2-3,13,17H2,1H3;/q+1;-1.